The highest BCUT2D eigenvalue weighted by molar-refractivity contribution is 5.31. The lowest BCUT2D eigenvalue weighted by molar-refractivity contribution is 0.516. The van der Waals surface area contributed by atoms with Gasteiger partial charge in [0.2, 0.25) is 0 Å². The van der Waals surface area contributed by atoms with Gasteiger partial charge in [0.25, 0.3) is 0 Å². The highest BCUT2D eigenvalue weighted by Crippen LogP contribution is 2.26. The van der Waals surface area contributed by atoms with Gasteiger partial charge in [-0.05, 0) is 42.7 Å². The van der Waals surface area contributed by atoms with Crippen LogP contribution >= 0.6 is 0 Å². The van der Waals surface area contributed by atoms with Crippen molar-refractivity contribution in [3.05, 3.63) is 35.6 Å². The Morgan fingerprint density at radius 2 is 1.77 bits per heavy atom. The molecular weight excluding hydrogens is 158 g/mol. The zero-order valence-electron chi connectivity index (χ0n) is 9.39. The average molecular weight is 179 g/mol. The van der Waals surface area contributed by atoms with E-state index < -0.39 is 0 Å². The van der Waals surface area contributed by atoms with Crippen molar-refractivity contribution in [2.24, 2.45) is 11.1 Å². The van der Waals surface area contributed by atoms with Crippen molar-refractivity contribution in [2.45, 2.75) is 34.6 Å². The fourth-order valence-electron chi connectivity index (χ4n) is 1.18. The summed E-state index contributed by atoms with van der Waals surface area (Å²) in [5.74, 6) is 0. The summed E-state index contributed by atoms with van der Waals surface area (Å²) in [6.45, 7) is 10.7. The Balaban J connectivity index is 4.76. The van der Waals surface area contributed by atoms with Gasteiger partial charge in [0.05, 0.1) is 0 Å². The third-order valence-electron chi connectivity index (χ3n) is 1.92. The lowest BCUT2D eigenvalue weighted by Crippen LogP contribution is -2.07. The molecule has 0 aliphatic carbocycles. The third kappa shape index (κ3) is 4.56. The molecule has 1 nitrogen and oxygen atoms in total. The van der Waals surface area contributed by atoms with Crippen molar-refractivity contribution in [3.8, 4) is 0 Å². The molecule has 0 unspecified atom stereocenters. The van der Waals surface area contributed by atoms with Crippen LogP contribution in [0.5, 0.6) is 0 Å². The summed E-state index contributed by atoms with van der Waals surface area (Å²) in [6.07, 6.45) is 7.80. The van der Waals surface area contributed by atoms with Crippen LogP contribution in [0.2, 0.25) is 0 Å². The summed E-state index contributed by atoms with van der Waals surface area (Å²) < 4.78 is 0. The van der Waals surface area contributed by atoms with Gasteiger partial charge in [-0.25, -0.2) is 0 Å². The lowest BCUT2D eigenvalue weighted by atomic mass is 9.85. The monoisotopic (exact) mass is 179 g/mol. The van der Waals surface area contributed by atoms with Gasteiger partial charge in [-0.1, -0.05) is 32.9 Å². The first-order valence-electron chi connectivity index (χ1n) is 4.65. The summed E-state index contributed by atoms with van der Waals surface area (Å²) >= 11 is 0. The van der Waals surface area contributed by atoms with E-state index in [4.69, 9.17) is 5.73 Å². The van der Waals surface area contributed by atoms with Crippen LogP contribution in [0.25, 0.3) is 0 Å². The van der Waals surface area contributed by atoms with Crippen LogP contribution in [0.3, 0.4) is 0 Å². The molecule has 0 fully saturated rings. The predicted octanol–water partition coefficient (Wildman–Crippen LogP) is 3.40. The van der Waals surface area contributed by atoms with Crippen LogP contribution in [0.15, 0.2) is 35.6 Å². The van der Waals surface area contributed by atoms with Gasteiger partial charge >= 0.3 is 0 Å². The molecule has 74 valence electrons. The fraction of sp³-hybridized carbons (Fsp3) is 0.500. The molecule has 0 heterocycles. The van der Waals surface area contributed by atoms with E-state index in [1.807, 2.05) is 6.08 Å². The maximum atomic E-state index is 5.31. The smallest absolute Gasteiger partial charge is 0.00597 e. The third-order valence-corrected chi connectivity index (χ3v) is 1.92. The highest BCUT2D eigenvalue weighted by atomic mass is 14.5. The first-order valence-corrected chi connectivity index (χ1v) is 4.65. The molecule has 0 saturated carbocycles. The van der Waals surface area contributed by atoms with E-state index in [2.05, 4.69) is 46.8 Å². The van der Waals surface area contributed by atoms with Crippen LogP contribution in [-0.4, -0.2) is 0 Å². The number of rotatable bonds is 2. The molecule has 0 aliphatic rings. The minimum absolute atomic E-state index is 0.207. The maximum absolute atomic E-state index is 5.31. The Morgan fingerprint density at radius 3 is 2.08 bits per heavy atom. The van der Waals surface area contributed by atoms with Crippen molar-refractivity contribution in [2.75, 3.05) is 0 Å². The van der Waals surface area contributed by atoms with Crippen LogP contribution in [0, 0.1) is 5.41 Å². The molecule has 0 spiro atoms. The Bertz CT molecular complexity index is 236. The van der Waals surface area contributed by atoms with Crippen LogP contribution in [-0.2, 0) is 0 Å². The maximum Gasteiger partial charge on any atom is -0.00597 e. The van der Waals surface area contributed by atoms with Crippen molar-refractivity contribution >= 4 is 0 Å². The van der Waals surface area contributed by atoms with E-state index >= 15 is 0 Å². The Hall–Kier alpha value is -0.980. The second kappa shape index (κ2) is 4.90. The molecule has 0 aromatic carbocycles. The summed E-state index contributed by atoms with van der Waals surface area (Å²) in [7, 11) is 0. The fourth-order valence-corrected chi connectivity index (χ4v) is 1.18. The van der Waals surface area contributed by atoms with Crippen LogP contribution in [0.4, 0.5) is 0 Å². The average Bonchev–Trinajstić information content (AvgIpc) is 1.98. The lowest BCUT2D eigenvalue weighted by Gasteiger charge is -2.20. The summed E-state index contributed by atoms with van der Waals surface area (Å²) in [4.78, 5) is 0. The highest BCUT2D eigenvalue weighted by Gasteiger charge is 2.13. The summed E-state index contributed by atoms with van der Waals surface area (Å²) in [6, 6.07) is 0. The van der Waals surface area contributed by atoms with Gasteiger partial charge in [-0.2, -0.15) is 0 Å². The molecule has 0 aromatic heterocycles. The predicted molar refractivity (Wildman–Crippen MR) is 60.3 cm³/mol. The van der Waals surface area contributed by atoms with Crippen molar-refractivity contribution in [1.29, 1.82) is 0 Å². The second-order valence-corrected chi connectivity index (χ2v) is 4.24. The molecule has 0 saturated heterocycles. The molecule has 1 heteroatoms. The van der Waals surface area contributed by atoms with E-state index in [0.29, 0.717) is 0 Å². The summed E-state index contributed by atoms with van der Waals surface area (Å²) in [5.41, 5.74) is 8.04. The van der Waals surface area contributed by atoms with E-state index in [1.54, 1.807) is 6.20 Å². The van der Waals surface area contributed by atoms with Gasteiger partial charge in [0.15, 0.2) is 0 Å². The van der Waals surface area contributed by atoms with Crippen molar-refractivity contribution in [1.82, 2.24) is 0 Å². The molecule has 2 N–H and O–H groups in total. The number of hydrogen-bond acceptors (Lipinski definition) is 1. The molecule has 13 heavy (non-hydrogen) atoms. The van der Waals surface area contributed by atoms with E-state index in [0.717, 1.165) is 0 Å². The molecule has 0 radical (unpaired) electrons. The molecule has 0 aromatic rings. The molecule has 0 rings (SSSR count). The van der Waals surface area contributed by atoms with Gasteiger partial charge in [-0.15, -0.1) is 0 Å². The molecule has 0 amide bonds. The molecule has 0 bridgehead atoms. The van der Waals surface area contributed by atoms with Crippen molar-refractivity contribution < 1.29 is 0 Å². The number of hydrogen-bond donors (Lipinski definition) is 1. The Morgan fingerprint density at radius 1 is 1.23 bits per heavy atom. The van der Waals surface area contributed by atoms with E-state index in [9.17, 15) is 0 Å². The zero-order valence-corrected chi connectivity index (χ0v) is 9.39. The zero-order chi connectivity index (χ0) is 10.5. The molecule has 0 aliphatic heterocycles. The minimum atomic E-state index is 0.207. The first-order chi connectivity index (χ1) is 5.91. The first kappa shape index (κ1) is 12.0. The van der Waals surface area contributed by atoms with Gasteiger partial charge < -0.3 is 5.73 Å². The van der Waals surface area contributed by atoms with Gasteiger partial charge in [0.1, 0.15) is 0 Å². The minimum Gasteiger partial charge on any atom is -0.405 e. The van der Waals surface area contributed by atoms with E-state index in [-0.39, 0.29) is 5.41 Å². The second-order valence-electron chi connectivity index (χ2n) is 4.24. The number of allylic oxidation sites excluding steroid dienone is 5. The quantitative estimate of drug-likeness (QED) is 0.646. The van der Waals surface area contributed by atoms with Crippen LogP contribution in [0.1, 0.15) is 34.6 Å². The van der Waals surface area contributed by atoms with E-state index in [1.165, 1.54) is 11.1 Å². The normalized spacial score (nSPS) is 15.5. The number of nitrogens with two attached hydrogens (primary N) is 1. The van der Waals surface area contributed by atoms with Crippen LogP contribution < -0.4 is 5.73 Å². The topological polar surface area (TPSA) is 26.0 Å². The standard InChI is InChI=1S/C12H21N/c1-6-11(12(3,4)5)9-10(2)7-8-13/h6-9H,13H2,1-5H3/b8-7-,10-9-,11-6+. The van der Waals surface area contributed by atoms with Crippen molar-refractivity contribution in [3.63, 3.8) is 0 Å². The van der Waals surface area contributed by atoms with Gasteiger partial charge in [0, 0.05) is 0 Å². The molecule has 0 atom stereocenters. The summed E-state index contributed by atoms with van der Waals surface area (Å²) in [5, 5.41) is 0. The SMILES string of the molecule is C\C=C(/C=C(C)\C=C/N)C(C)(C)C. The Kier molecular flexibility index (Phi) is 4.53. The largest absolute Gasteiger partial charge is 0.405 e. The van der Waals surface area contributed by atoms with Gasteiger partial charge in [-0.3, -0.25) is 0 Å². The molecular formula is C12H21N. The Labute approximate surface area is 82.0 Å².